The van der Waals surface area contributed by atoms with Crippen LogP contribution in [0.4, 0.5) is 20.6 Å². The summed E-state index contributed by atoms with van der Waals surface area (Å²) in [6.45, 7) is 10.9. The van der Waals surface area contributed by atoms with Crippen molar-refractivity contribution in [2.75, 3.05) is 37.0 Å². The Hall–Kier alpha value is -3.35. The van der Waals surface area contributed by atoms with E-state index in [-0.39, 0.29) is 18.0 Å². The number of carbonyl (C=O) groups excluding carboxylic acids is 2. The van der Waals surface area contributed by atoms with Crippen LogP contribution >= 0.6 is 0 Å². The normalized spacial score (nSPS) is 16.0. The molecule has 1 atom stereocenters. The number of halogens is 1. The summed E-state index contributed by atoms with van der Waals surface area (Å²) in [5.74, 6) is -0.192. The SMILES string of the molecule is CC(C)c1ccc(C=CC(=O)N(C)c2ccc(N3CCC(N(C)C(=O)OC(C)(C)C)C3)c(F)c2)cc1. The lowest BCUT2D eigenvalue weighted by Gasteiger charge is -2.29. The largest absolute Gasteiger partial charge is 0.444 e. The average Bonchev–Trinajstić information content (AvgIpc) is 3.30. The molecule has 7 heteroatoms. The first-order valence-electron chi connectivity index (χ1n) is 12.4. The van der Waals surface area contributed by atoms with Crippen molar-refractivity contribution in [2.45, 2.75) is 58.6 Å². The quantitative estimate of drug-likeness (QED) is 0.457. The van der Waals surface area contributed by atoms with Crippen LogP contribution in [0.25, 0.3) is 6.08 Å². The molecule has 0 N–H and O–H groups in total. The minimum atomic E-state index is -0.567. The number of amides is 2. The second-order valence-corrected chi connectivity index (χ2v) is 10.7. The van der Waals surface area contributed by atoms with Gasteiger partial charge >= 0.3 is 6.09 Å². The lowest BCUT2D eigenvalue weighted by molar-refractivity contribution is -0.113. The maximum absolute atomic E-state index is 15.1. The van der Waals surface area contributed by atoms with E-state index in [0.717, 1.165) is 12.0 Å². The molecule has 0 aromatic heterocycles. The average molecular weight is 496 g/mol. The number of nitrogens with zero attached hydrogens (tertiary/aromatic N) is 3. The second kappa shape index (κ2) is 11.1. The first-order chi connectivity index (χ1) is 16.9. The van der Waals surface area contributed by atoms with Gasteiger partial charge in [0.25, 0.3) is 5.91 Å². The van der Waals surface area contributed by atoms with Gasteiger partial charge in [0.05, 0.1) is 11.7 Å². The van der Waals surface area contributed by atoms with E-state index in [9.17, 15) is 9.59 Å². The van der Waals surface area contributed by atoms with E-state index in [0.29, 0.717) is 30.4 Å². The third-order valence-electron chi connectivity index (χ3n) is 6.40. The number of hydrogen-bond acceptors (Lipinski definition) is 4. The smallest absolute Gasteiger partial charge is 0.410 e. The Bertz CT molecular complexity index is 1110. The number of carbonyl (C=O) groups is 2. The van der Waals surface area contributed by atoms with Crippen molar-refractivity contribution in [2.24, 2.45) is 0 Å². The van der Waals surface area contributed by atoms with E-state index in [1.807, 2.05) is 37.8 Å². The maximum Gasteiger partial charge on any atom is 0.410 e. The van der Waals surface area contributed by atoms with Crippen molar-refractivity contribution in [1.29, 1.82) is 0 Å². The fourth-order valence-corrected chi connectivity index (χ4v) is 4.12. The van der Waals surface area contributed by atoms with Crippen LogP contribution in [0.1, 0.15) is 58.1 Å². The highest BCUT2D eigenvalue weighted by molar-refractivity contribution is 6.03. The number of likely N-dealkylation sites (N-methyl/N-ethyl adjacent to an activating group) is 2. The summed E-state index contributed by atoms with van der Waals surface area (Å²) >= 11 is 0. The zero-order valence-corrected chi connectivity index (χ0v) is 22.4. The molecule has 36 heavy (non-hydrogen) atoms. The zero-order valence-electron chi connectivity index (χ0n) is 22.4. The van der Waals surface area contributed by atoms with Crippen molar-refractivity contribution in [3.05, 3.63) is 65.5 Å². The zero-order chi connectivity index (χ0) is 26.6. The van der Waals surface area contributed by atoms with E-state index in [2.05, 4.69) is 26.0 Å². The van der Waals surface area contributed by atoms with Crippen LogP contribution in [-0.2, 0) is 9.53 Å². The topological polar surface area (TPSA) is 53.1 Å². The second-order valence-electron chi connectivity index (χ2n) is 10.7. The third kappa shape index (κ3) is 6.86. The summed E-state index contributed by atoms with van der Waals surface area (Å²) in [6, 6.07) is 12.8. The van der Waals surface area contributed by atoms with E-state index >= 15 is 4.39 Å². The fraction of sp³-hybridized carbons (Fsp3) is 0.448. The van der Waals surface area contributed by atoms with Gasteiger partial charge in [-0.3, -0.25) is 4.79 Å². The van der Waals surface area contributed by atoms with Crippen LogP contribution in [0, 0.1) is 5.82 Å². The summed E-state index contributed by atoms with van der Waals surface area (Å²) in [5.41, 5.74) is 2.54. The Balaban J connectivity index is 1.63. The fourth-order valence-electron chi connectivity index (χ4n) is 4.12. The maximum atomic E-state index is 15.1. The van der Waals surface area contributed by atoms with Crippen molar-refractivity contribution in [3.8, 4) is 0 Å². The molecule has 1 unspecified atom stereocenters. The molecule has 1 aliphatic heterocycles. The number of anilines is 2. The highest BCUT2D eigenvalue weighted by atomic mass is 19.1. The summed E-state index contributed by atoms with van der Waals surface area (Å²) in [6.07, 6.45) is 3.60. The molecule has 1 aliphatic rings. The predicted octanol–water partition coefficient (Wildman–Crippen LogP) is 6.07. The van der Waals surface area contributed by atoms with Gasteiger partial charge in [0.1, 0.15) is 11.4 Å². The predicted molar refractivity (Wildman–Crippen MR) is 144 cm³/mol. The van der Waals surface area contributed by atoms with Gasteiger partial charge in [-0.15, -0.1) is 0 Å². The Labute approximate surface area is 214 Å². The molecule has 0 aliphatic carbocycles. The molecule has 2 amide bonds. The van der Waals surface area contributed by atoms with Crippen LogP contribution in [0.3, 0.4) is 0 Å². The minimum Gasteiger partial charge on any atom is -0.444 e. The highest BCUT2D eigenvalue weighted by Gasteiger charge is 2.32. The van der Waals surface area contributed by atoms with E-state index in [1.54, 1.807) is 37.2 Å². The summed E-state index contributed by atoms with van der Waals surface area (Å²) < 4.78 is 20.5. The molecule has 1 heterocycles. The van der Waals surface area contributed by atoms with Crippen LogP contribution in [0.2, 0.25) is 0 Å². The van der Waals surface area contributed by atoms with Gasteiger partial charge in [-0.1, -0.05) is 38.1 Å². The summed E-state index contributed by atoms with van der Waals surface area (Å²) in [4.78, 5) is 30.0. The highest BCUT2D eigenvalue weighted by Crippen LogP contribution is 2.29. The van der Waals surface area contributed by atoms with Crippen LogP contribution in [-0.4, -0.2) is 55.7 Å². The summed E-state index contributed by atoms with van der Waals surface area (Å²) in [5, 5.41) is 0. The van der Waals surface area contributed by atoms with E-state index in [1.165, 1.54) is 22.6 Å². The van der Waals surface area contributed by atoms with Crippen LogP contribution < -0.4 is 9.80 Å². The number of rotatable bonds is 6. The van der Waals surface area contributed by atoms with Gasteiger partial charge in [-0.2, -0.15) is 0 Å². The lowest BCUT2D eigenvalue weighted by atomic mass is 10.0. The first-order valence-corrected chi connectivity index (χ1v) is 12.4. The van der Waals surface area contributed by atoms with Crippen molar-refractivity contribution >= 4 is 29.5 Å². The monoisotopic (exact) mass is 495 g/mol. The Kier molecular flexibility index (Phi) is 8.43. The van der Waals surface area contributed by atoms with Gasteiger partial charge in [-0.25, -0.2) is 9.18 Å². The lowest BCUT2D eigenvalue weighted by Crippen LogP contribution is -2.42. The number of benzene rings is 2. The molecule has 2 aromatic carbocycles. The van der Waals surface area contributed by atoms with Crippen LogP contribution in [0.15, 0.2) is 48.5 Å². The van der Waals surface area contributed by atoms with Crippen molar-refractivity contribution in [3.63, 3.8) is 0 Å². The minimum absolute atomic E-state index is 0.0667. The molecular formula is C29H38FN3O3. The summed E-state index contributed by atoms with van der Waals surface area (Å²) in [7, 11) is 3.35. The Morgan fingerprint density at radius 1 is 1.11 bits per heavy atom. The van der Waals surface area contributed by atoms with Gasteiger partial charge in [-0.05, 0) is 68.5 Å². The molecule has 0 saturated carbocycles. The molecule has 2 aromatic rings. The van der Waals surface area contributed by atoms with Gasteiger partial charge in [0, 0.05) is 38.9 Å². The Morgan fingerprint density at radius 2 is 1.78 bits per heavy atom. The van der Waals surface area contributed by atoms with Gasteiger partial charge < -0.3 is 19.4 Å². The molecular weight excluding hydrogens is 457 g/mol. The molecule has 194 valence electrons. The van der Waals surface area contributed by atoms with Crippen LogP contribution in [0.5, 0.6) is 0 Å². The number of ether oxygens (including phenoxy) is 1. The molecule has 1 saturated heterocycles. The first kappa shape index (κ1) is 27.2. The molecule has 3 rings (SSSR count). The van der Waals surface area contributed by atoms with Crippen molar-refractivity contribution in [1.82, 2.24) is 4.90 Å². The van der Waals surface area contributed by atoms with E-state index in [4.69, 9.17) is 4.74 Å². The molecule has 0 radical (unpaired) electrons. The van der Waals surface area contributed by atoms with Gasteiger partial charge in [0.2, 0.25) is 0 Å². The molecule has 0 spiro atoms. The molecule has 0 bridgehead atoms. The van der Waals surface area contributed by atoms with E-state index < -0.39 is 11.4 Å². The Morgan fingerprint density at radius 3 is 2.36 bits per heavy atom. The van der Waals surface area contributed by atoms with Crippen molar-refractivity contribution < 1.29 is 18.7 Å². The standard InChI is InChI=1S/C29H38FN3O3/c1-20(2)22-11-8-21(9-12-22)10-15-27(34)31(6)23-13-14-26(25(30)18-23)33-17-16-24(19-33)32(7)28(35)36-29(3,4)5/h8-15,18,20,24H,16-17,19H2,1-7H3. The molecule has 1 fully saturated rings. The number of hydrogen-bond donors (Lipinski definition) is 0. The third-order valence-corrected chi connectivity index (χ3v) is 6.40. The molecule has 6 nitrogen and oxygen atoms in total. The van der Waals surface area contributed by atoms with Gasteiger partial charge in [0.15, 0.2) is 0 Å².